The molecule has 0 aromatic heterocycles. The van der Waals surface area contributed by atoms with E-state index >= 15 is 4.57 Å². The molecule has 0 fully saturated rings. The quantitative estimate of drug-likeness (QED) is 0.357. The van der Waals surface area contributed by atoms with Crippen LogP contribution in [0.15, 0.2) is 103 Å². The lowest BCUT2D eigenvalue weighted by atomic mass is 9.99. The van der Waals surface area contributed by atoms with Crippen molar-refractivity contribution in [2.45, 2.75) is 12.2 Å². The van der Waals surface area contributed by atoms with E-state index in [2.05, 4.69) is 4.90 Å². The van der Waals surface area contributed by atoms with Gasteiger partial charge in [0, 0.05) is 22.8 Å². The molecule has 0 aliphatic carbocycles. The molecule has 0 bridgehead atoms. The van der Waals surface area contributed by atoms with Crippen LogP contribution < -0.4 is 15.5 Å². The zero-order chi connectivity index (χ0) is 22.1. The molecule has 0 saturated heterocycles. The molecule has 0 radical (unpaired) electrons. The molecule has 4 aromatic rings. The smallest absolute Gasteiger partial charge is 0.169 e. The van der Waals surface area contributed by atoms with Gasteiger partial charge in [-0.1, -0.05) is 66.7 Å². The molecular formula is C27H22F2NOP. The van der Waals surface area contributed by atoms with E-state index in [0.717, 1.165) is 23.2 Å². The summed E-state index contributed by atoms with van der Waals surface area (Å²) in [5.41, 5.74) is 2.97. The fraction of sp³-hybridized carbons (Fsp3) is 0.111. The molecule has 0 amide bonds. The monoisotopic (exact) mass is 445 g/mol. The predicted octanol–water partition coefficient (Wildman–Crippen LogP) is 6.04. The van der Waals surface area contributed by atoms with Gasteiger partial charge in [-0.05, 0) is 53.9 Å². The van der Waals surface area contributed by atoms with Gasteiger partial charge in [-0.2, -0.15) is 0 Å². The third-order valence-corrected chi connectivity index (χ3v) is 9.40. The summed E-state index contributed by atoms with van der Waals surface area (Å²) < 4.78 is 44.0. The molecular weight excluding hydrogens is 423 g/mol. The summed E-state index contributed by atoms with van der Waals surface area (Å²) in [5, 5.41) is 0.761. The molecule has 2 nitrogen and oxygen atoms in total. The van der Waals surface area contributed by atoms with Gasteiger partial charge in [0.25, 0.3) is 0 Å². The van der Waals surface area contributed by atoms with Crippen molar-refractivity contribution in [1.29, 1.82) is 0 Å². The van der Waals surface area contributed by atoms with E-state index in [9.17, 15) is 8.78 Å². The summed E-state index contributed by atoms with van der Waals surface area (Å²) in [6, 6.07) is 29.6. The molecule has 32 heavy (non-hydrogen) atoms. The highest BCUT2D eigenvalue weighted by Crippen LogP contribution is 2.61. The molecule has 0 unspecified atom stereocenters. The van der Waals surface area contributed by atoms with Gasteiger partial charge < -0.3 is 9.46 Å². The van der Waals surface area contributed by atoms with E-state index in [1.54, 1.807) is 24.3 Å². The number of benzene rings is 4. The minimum Gasteiger partial charge on any atom is -0.357 e. The van der Waals surface area contributed by atoms with Crippen LogP contribution in [0.1, 0.15) is 16.9 Å². The Bertz CT molecular complexity index is 1260. The van der Waals surface area contributed by atoms with Crippen molar-refractivity contribution in [2.75, 3.05) is 11.4 Å². The first-order chi connectivity index (χ1) is 15.6. The Labute approximate surface area is 186 Å². The molecule has 1 aliphatic rings. The van der Waals surface area contributed by atoms with Gasteiger partial charge in [-0.15, -0.1) is 0 Å². The van der Waals surface area contributed by atoms with Gasteiger partial charge in [0.15, 0.2) is 7.14 Å². The summed E-state index contributed by atoms with van der Waals surface area (Å²) in [7, 11) is -3.56. The number of para-hydroxylation sites is 1. The third-order valence-electron chi connectivity index (χ3n) is 6.07. The van der Waals surface area contributed by atoms with Crippen LogP contribution in [0.5, 0.6) is 0 Å². The zero-order valence-corrected chi connectivity index (χ0v) is 18.3. The van der Waals surface area contributed by atoms with Crippen LogP contribution in [0.2, 0.25) is 0 Å². The summed E-state index contributed by atoms with van der Waals surface area (Å²) in [4.78, 5) is 2.12. The molecule has 5 rings (SSSR count). The summed E-state index contributed by atoms with van der Waals surface area (Å²) in [6.07, 6.45) is 0.799. The van der Waals surface area contributed by atoms with E-state index < -0.39 is 24.6 Å². The lowest BCUT2D eigenvalue weighted by Crippen LogP contribution is -2.39. The van der Waals surface area contributed by atoms with Crippen molar-refractivity contribution < 1.29 is 13.3 Å². The highest BCUT2D eigenvalue weighted by molar-refractivity contribution is 7.79. The second-order valence-electron chi connectivity index (χ2n) is 7.97. The lowest BCUT2D eigenvalue weighted by molar-refractivity contribution is 0.568. The van der Waals surface area contributed by atoms with Gasteiger partial charge in [-0.3, -0.25) is 0 Å². The Morgan fingerprint density at radius 3 is 1.94 bits per heavy atom. The summed E-state index contributed by atoms with van der Waals surface area (Å²) >= 11 is 0. The maximum atomic E-state index is 15.2. The minimum atomic E-state index is -3.56. The second-order valence-corrected chi connectivity index (χ2v) is 10.8. The number of rotatable bonds is 4. The number of nitrogens with zero attached hydrogens (tertiary/aromatic N) is 1. The first kappa shape index (κ1) is 20.7. The first-order valence-electron chi connectivity index (χ1n) is 10.6. The van der Waals surface area contributed by atoms with Crippen LogP contribution in [0, 0.1) is 11.6 Å². The fourth-order valence-corrected chi connectivity index (χ4v) is 8.02. The molecule has 0 saturated carbocycles. The van der Waals surface area contributed by atoms with Crippen molar-refractivity contribution in [3.05, 3.63) is 126 Å². The van der Waals surface area contributed by atoms with Crippen LogP contribution in [-0.4, -0.2) is 6.54 Å². The predicted molar refractivity (Wildman–Crippen MR) is 126 cm³/mol. The Morgan fingerprint density at radius 2 is 1.31 bits per heavy atom. The highest BCUT2D eigenvalue weighted by atomic mass is 31.2. The molecule has 1 heterocycles. The van der Waals surface area contributed by atoms with E-state index in [1.165, 1.54) is 24.3 Å². The number of anilines is 1. The number of hydrogen-bond donors (Lipinski definition) is 0. The minimum absolute atomic E-state index is 0.380. The molecule has 4 aromatic carbocycles. The van der Waals surface area contributed by atoms with Gasteiger partial charge >= 0.3 is 0 Å². The summed E-state index contributed by atoms with van der Waals surface area (Å²) in [6.45, 7) is 0.653. The molecule has 0 N–H and O–H groups in total. The topological polar surface area (TPSA) is 20.3 Å². The number of halogens is 2. The maximum absolute atomic E-state index is 15.2. The van der Waals surface area contributed by atoms with Crippen LogP contribution in [-0.2, 0) is 11.0 Å². The SMILES string of the molecule is O=P(c1cccc(F)c1)(c1cccc(F)c1)[C@H]1c2ccccc2CCN1c1ccccc1. The van der Waals surface area contributed by atoms with Crippen molar-refractivity contribution in [1.82, 2.24) is 0 Å². The van der Waals surface area contributed by atoms with Crippen LogP contribution in [0.3, 0.4) is 0 Å². The molecule has 1 atom stereocenters. The normalized spacial score (nSPS) is 15.9. The molecule has 0 spiro atoms. The van der Waals surface area contributed by atoms with Crippen LogP contribution >= 0.6 is 7.14 Å². The van der Waals surface area contributed by atoms with Gasteiger partial charge in [0.05, 0.1) is 0 Å². The van der Waals surface area contributed by atoms with Gasteiger partial charge in [-0.25, -0.2) is 8.78 Å². The third kappa shape index (κ3) is 3.55. The Hall–Kier alpha value is -3.23. The molecule has 5 heteroatoms. The standard InChI is InChI=1S/C27H22F2NOP/c28-21-9-6-13-24(18-21)32(31,25-14-7-10-22(29)19-25)27-26-15-5-4-8-20(26)16-17-30(27)23-11-2-1-3-12-23/h1-15,18-19,27H,16-17H2/t27-/m0/s1. The maximum Gasteiger partial charge on any atom is 0.169 e. The van der Waals surface area contributed by atoms with Crippen molar-refractivity contribution >= 4 is 23.4 Å². The zero-order valence-electron chi connectivity index (χ0n) is 17.4. The first-order valence-corrected chi connectivity index (χ1v) is 12.4. The average molecular weight is 445 g/mol. The molecule has 1 aliphatic heterocycles. The highest BCUT2D eigenvalue weighted by Gasteiger charge is 2.44. The van der Waals surface area contributed by atoms with Crippen molar-refractivity contribution in [3.8, 4) is 0 Å². The Balaban J connectivity index is 1.82. The fourth-order valence-electron chi connectivity index (χ4n) is 4.62. The molecule has 160 valence electrons. The Kier molecular flexibility index (Phi) is 5.40. The summed E-state index contributed by atoms with van der Waals surface area (Å²) in [5.74, 6) is -1.51. The Morgan fingerprint density at radius 1 is 0.719 bits per heavy atom. The van der Waals surface area contributed by atoms with E-state index in [1.807, 2.05) is 54.6 Å². The van der Waals surface area contributed by atoms with E-state index in [0.29, 0.717) is 17.2 Å². The van der Waals surface area contributed by atoms with Crippen LogP contribution in [0.4, 0.5) is 14.5 Å². The van der Waals surface area contributed by atoms with Crippen LogP contribution in [0.25, 0.3) is 0 Å². The van der Waals surface area contributed by atoms with Crippen molar-refractivity contribution in [3.63, 3.8) is 0 Å². The van der Waals surface area contributed by atoms with Gasteiger partial charge in [0.2, 0.25) is 0 Å². The van der Waals surface area contributed by atoms with Gasteiger partial charge in [0.1, 0.15) is 17.4 Å². The largest absolute Gasteiger partial charge is 0.357 e. The second kappa shape index (κ2) is 8.37. The van der Waals surface area contributed by atoms with E-state index in [-0.39, 0.29) is 0 Å². The average Bonchev–Trinajstić information content (AvgIpc) is 2.83. The number of fused-ring (bicyclic) bond motifs is 1. The number of hydrogen-bond acceptors (Lipinski definition) is 2. The van der Waals surface area contributed by atoms with Crippen molar-refractivity contribution in [2.24, 2.45) is 0 Å². The van der Waals surface area contributed by atoms with E-state index in [4.69, 9.17) is 0 Å². The lowest BCUT2D eigenvalue weighted by Gasteiger charge is -2.43.